The summed E-state index contributed by atoms with van der Waals surface area (Å²) < 4.78 is 0. The average Bonchev–Trinajstić information content (AvgIpc) is 1.96. The van der Waals surface area contributed by atoms with Gasteiger partial charge < -0.3 is 4.98 Å². The molecule has 0 radical (unpaired) electrons. The van der Waals surface area contributed by atoms with E-state index < -0.39 is 5.69 Å². The third kappa shape index (κ3) is 1.46. The van der Waals surface area contributed by atoms with Crippen molar-refractivity contribution in [2.75, 3.05) is 0 Å². The highest BCUT2D eigenvalue weighted by atomic mass is 35.5. The van der Waals surface area contributed by atoms with Crippen molar-refractivity contribution in [3.05, 3.63) is 26.9 Å². The number of hydrogen-bond acceptors (Lipinski definition) is 3. The molecule has 1 aromatic rings. The number of halogens is 1. The Kier molecular flexibility index (Phi) is 2.05. The fourth-order valence-electron chi connectivity index (χ4n) is 0.672. The van der Waals surface area contributed by atoms with Crippen LogP contribution in [0.5, 0.6) is 0 Å². The first kappa shape index (κ1) is 7.94. The van der Waals surface area contributed by atoms with Gasteiger partial charge in [0.1, 0.15) is 5.69 Å². The topological polar surface area (TPSA) is 62.8 Å². The predicted molar refractivity (Wildman–Crippen MR) is 40.0 cm³/mol. The number of carbonyl (C=O) groups is 1. The van der Waals surface area contributed by atoms with Crippen molar-refractivity contribution in [1.82, 2.24) is 9.97 Å². The Morgan fingerprint density at radius 3 is 2.82 bits per heavy atom. The van der Waals surface area contributed by atoms with E-state index in [2.05, 4.69) is 9.97 Å². The zero-order chi connectivity index (χ0) is 8.43. The van der Waals surface area contributed by atoms with Crippen molar-refractivity contribution in [1.29, 1.82) is 0 Å². The van der Waals surface area contributed by atoms with E-state index in [0.29, 0.717) is 12.0 Å². The first-order chi connectivity index (χ1) is 5.15. The van der Waals surface area contributed by atoms with Gasteiger partial charge in [0.15, 0.2) is 6.29 Å². The van der Waals surface area contributed by atoms with E-state index in [1.54, 1.807) is 6.92 Å². The predicted octanol–water partition coefficient (Wildman–Crippen LogP) is 0.544. The van der Waals surface area contributed by atoms with Gasteiger partial charge in [-0.25, -0.2) is 4.79 Å². The maximum absolute atomic E-state index is 10.6. The maximum Gasteiger partial charge on any atom is 0.345 e. The van der Waals surface area contributed by atoms with Gasteiger partial charge in [0.05, 0.1) is 5.02 Å². The van der Waals surface area contributed by atoms with Gasteiger partial charge in [-0.3, -0.25) is 4.79 Å². The van der Waals surface area contributed by atoms with Crippen molar-refractivity contribution in [3.63, 3.8) is 0 Å². The zero-order valence-electron chi connectivity index (χ0n) is 5.72. The number of aldehydes is 1. The molecule has 5 heteroatoms. The van der Waals surface area contributed by atoms with Crippen LogP contribution < -0.4 is 5.69 Å². The molecule has 0 saturated carbocycles. The van der Waals surface area contributed by atoms with Crippen molar-refractivity contribution in [3.8, 4) is 0 Å². The highest BCUT2D eigenvalue weighted by Gasteiger charge is 2.04. The number of H-pyrrole nitrogens is 1. The SMILES string of the molecule is Cc1[nH]c(=O)nc(C=O)c1Cl. The van der Waals surface area contributed by atoms with E-state index in [4.69, 9.17) is 11.6 Å². The Bertz CT molecular complexity index is 345. The Morgan fingerprint density at radius 2 is 2.27 bits per heavy atom. The summed E-state index contributed by atoms with van der Waals surface area (Å²) in [6.45, 7) is 1.60. The van der Waals surface area contributed by atoms with Crippen molar-refractivity contribution in [2.45, 2.75) is 6.92 Å². The highest BCUT2D eigenvalue weighted by Crippen LogP contribution is 2.11. The second kappa shape index (κ2) is 2.84. The van der Waals surface area contributed by atoms with Crippen LogP contribution in [0.2, 0.25) is 5.02 Å². The van der Waals surface area contributed by atoms with Gasteiger partial charge in [-0.1, -0.05) is 11.6 Å². The number of rotatable bonds is 1. The second-order valence-electron chi connectivity index (χ2n) is 1.98. The molecule has 1 rings (SSSR count). The van der Waals surface area contributed by atoms with Crippen LogP contribution in [-0.2, 0) is 0 Å². The minimum atomic E-state index is -0.561. The summed E-state index contributed by atoms with van der Waals surface area (Å²) in [5.74, 6) is 0. The van der Waals surface area contributed by atoms with Gasteiger partial charge in [-0.05, 0) is 6.92 Å². The molecule has 1 heterocycles. The summed E-state index contributed by atoms with van der Waals surface area (Å²) >= 11 is 5.60. The maximum atomic E-state index is 10.6. The van der Waals surface area contributed by atoms with Crippen LogP contribution in [0.1, 0.15) is 16.2 Å². The van der Waals surface area contributed by atoms with E-state index in [0.717, 1.165) is 0 Å². The molecule has 0 aliphatic rings. The van der Waals surface area contributed by atoms with Crippen LogP contribution >= 0.6 is 11.6 Å². The minimum absolute atomic E-state index is 0.0204. The van der Waals surface area contributed by atoms with Crippen molar-refractivity contribution in [2.24, 2.45) is 0 Å². The number of nitrogens with one attached hydrogen (secondary N) is 1. The summed E-state index contributed by atoms with van der Waals surface area (Å²) in [5, 5.41) is 0.194. The number of aromatic amines is 1. The van der Waals surface area contributed by atoms with Crippen LogP contribution in [-0.4, -0.2) is 16.3 Å². The molecule has 0 spiro atoms. The lowest BCUT2D eigenvalue weighted by atomic mass is 10.3. The molecule has 0 fully saturated rings. The lowest BCUT2D eigenvalue weighted by Crippen LogP contribution is -2.14. The molecular formula is C6H5ClN2O2. The van der Waals surface area contributed by atoms with Gasteiger partial charge in [0, 0.05) is 5.69 Å². The zero-order valence-corrected chi connectivity index (χ0v) is 6.47. The fraction of sp³-hybridized carbons (Fsp3) is 0.167. The molecule has 0 amide bonds. The normalized spacial score (nSPS) is 9.64. The van der Waals surface area contributed by atoms with Crippen LogP contribution in [0.25, 0.3) is 0 Å². The minimum Gasteiger partial charge on any atom is -0.309 e. The molecule has 0 saturated heterocycles. The van der Waals surface area contributed by atoms with Gasteiger partial charge in [-0.2, -0.15) is 4.98 Å². The van der Waals surface area contributed by atoms with E-state index in [-0.39, 0.29) is 10.7 Å². The third-order valence-corrected chi connectivity index (χ3v) is 1.66. The molecule has 1 N–H and O–H groups in total. The standard InChI is InChI=1S/C6H5ClN2O2/c1-3-5(7)4(2-10)9-6(11)8-3/h2H,1H3,(H,8,9,11). The quantitative estimate of drug-likeness (QED) is 0.629. The summed E-state index contributed by atoms with van der Waals surface area (Å²) in [6, 6.07) is 0. The molecule has 0 unspecified atom stereocenters. The number of aromatic nitrogens is 2. The smallest absolute Gasteiger partial charge is 0.309 e. The lowest BCUT2D eigenvalue weighted by Gasteiger charge is -1.96. The molecular weight excluding hydrogens is 168 g/mol. The van der Waals surface area contributed by atoms with E-state index >= 15 is 0 Å². The van der Waals surface area contributed by atoms with Gasteiger partial charge >= 0.3 is 5.69 Å². The molecule has 0 aliphatic heterocycles. The Balaban J connectivity index is 3.48. The Labute approximate surface area is 67.2 Å². The van der Waals surface area contributed by atoms with E-state index in [9.17, 15) is 9.59 Å². The molecule has 0 aromatic carbocycles. The first-order valence-electron chi connectivity index (χ1n) is 2.86. The summed E-state index contributed by atoms with van der Waals surface area (Å²) in [4.78, 5) is 26.6. The number of hydrogen-bond donors (Lipinski definition) is 1. The molecule has 1 aromatic heterocycles. The number of aryl methyl sites for hydroxylation is 1. The first-order valence-corrected chi connectivity index (χ1v) is 3.24. The molecule has 11 heavy (non-hydrogen) atoms. The third-order valence-electron chi connectivity index (χ3n) is 1.18. The average molecular weight is 173 g/mol. The molecule has 58 valence electrons. The van der Waals surface area contributed by atoms with Gasteiger partial charge in [-0.15, -0.1) is 0 Å². The number of carbonyl (C=O) groups excluding carboxylic acids is 1. The summed E-state index contributed by atoms with van der Waals surface area (Å²) in [7, 11) is 0. The Hall–Kier alpha value is -1.16. The van der Waals surface area contributed by atoms with Crippen molar-refractivity contribution >= 4 is 17.9 Å². The second-order valence-corrected chi connectivity index (χ2v) is 2.36. The Morgan fingerprint density at radius 1 is 1.64 bits per heavy atom. The van der Waals surface area contributed by atoms with Gasteiger partial charge in [0.2, 0.25) is 0 Å². The molecule has 0 bridgehead atoms. The van der Waals surface area contributed by atoms with E-state index in [1.165, 1.54) is 0 Å². The van der Waals surface area contributed by atoms with Crippen LogP contribution in [0.3, 0.4) is 0 Å². The fourth-order valence-corrected chi connectivity index (χ4v) is 0.806. The van der Waals surface area contributed by atoms with Crippen molar-refractivity contribution < 1.29 is 4.79 Å². The lowest BCUT2D eigenvalue weighted by molar-refractivity contribution is 0.111. The number of nitrogens with zero attached hydrogens (tertiary/aromatic N) is 1. The van der Waals surface area contributed by atoms with E-state index in [1.807, 2.05) is 0 Å². The largest absolute Gasteiger partial charge is 0.345 e. The summed E-state index contributed by atoms with van der Waals surface area (Å²) in [6.07, 6.45) is 0.449. The molecule has 4 nitrogen and oxygen atoms in total. The van der Waals surface area contributed by atoms with Crippen LogP contribution in [0.15, 0.2) is 4.79 Å². The van der Waals surface area contributed by atoms with Crippen LogP contribution in [0.4, 0.5) is 0 Å². The molecule has 0 atom stereocenters. The van der Waals surface area contributed by atoms with Gasteiger partial charge in [0.25, 0.3) is 0 Å². The van der Waals surface area contributed by atoms with Crippen LogP contribution in [0, 0.1) is 6.92 Å². The monoisotopic (exact) mass is 172 g/mol. The highest BCUT2D eigenvalue weighted by molar-refractivity contribution is 6.33. The summed E-state index contributed by atoms with van der Waals surface area (Å²) in [5.41, 5.74) is -0.129. The molecule has 0 aliphatic carbocycles.